The smallest absolute Gasteiger partial charge is 0.251 e. The Morgan fingerprint density at radius 3 is 2.19 bits per heavy atom. The van der Waals surface area contributed by atoms with E-state index in [9.17, 15) is 9.59 Å². The molecular formula is C21H18BrN3O2. The Morgan fingerprint density at radius 1 is 0.889 bits per heavy atom. The first-order valence-corrected chi connectivity index (χ1v) is 9.21. The molecule has 0 fully saturated rings. The quantitative estimate of drug-likeness (QED) is 0.637. The maximum Gasteiger partial charge on any atom is 0.251 e. The van der Waals surface area contributed by atoms with Crippen LogP contribution in [-0.2, 0) is 4.79 Å². The molecule has 0 saturated heterocycles. The van der Waals surface area contributed by atoms with Gasteiger partial charge in [0.2, 0.25) is 5.91 Å². The molecular weight excluding hydrogens is 406 g/mol. The summed E-state index contributed by atoms with van der Waals surface area (Å²) in [4.78, 5) is 28.6. The third-order valence-electron chi connectivity index (χ3n) is 3.99. The highest BCUT2D eigenvalue weighted by atomic mass is 79.9. The van der Waals surface area contributed by atoms with Crippen LogP contribution in [0.2, 0.25) is 0 Å². The summed E-state index contributed by atoms with van der Waals surface area (Å²) in [5.74, 6) is -0.566. The number of hydrogen-bond acceptors (Lipinski definition) is 3. The predicted octanol–water partition coefficient (Wildman–Crippen LogP) is 3.48. The number of benzene rings is 2. The molecule has 2 amide bonds. The lowest BCUT2D eigenvalue weighted by Gasteiger charge is -2.20. The second-order valence-electron chi connectivity index (χ2n) is 5.88. The Hall–Kier alpha value is -2.99. The summed E-state index contributed by atoms with van der Waals surface area (Å²) in [6.45, 7) is -0.108. The van der Waals surface area contributed by atoms with E-state index in [0.717, 1.165) is 15.6 Å². The highest BCUT2D eigenvalue weighted by molar-refractivity contribution is 9.10. The van der Waals surface area contributed by atoms with Gasteiger partial charge in [-0.3, -0.25) is 14.6 Å². The topological polar surface area (TPSA) is 71.1 Å². The van der Waals surface area contributed by atoms with E-state index < -0.39 is 0 Å². The van der Waals surface area contributed by atoms with Gasteiger partial charge in [-0.05, 0) is 47.5 Å². The molecule has 1 heterocycles. The van der Waals surface area contributed by atoms with E-state index in [1.54, 1.807) is 36.7 Å². The number of carbonyl (C=O) groups is 2. The van der Waals surface area contributed by atoms with Crippen LogP contribution in [0.25, 0.3) is 0 Å². The first-order valence-electron chi connectivity index (χ1n) is 8.41. The van der Waals surface area contributed by atoms with Crippen LogP contribution in [0.3, 0.4) is 0 Å². The van der Waals surface area contributed by atoms with Crippen molar-refractivity contribution in [3.8, 4) is 0 Å². The normalized spacial score (nSPS) is 11.4. The largest absolute Gasteiger partial charge is 0.344 e. The number of aromatic nitrogens is 1. The van der Waals surface area contributed by atoms with Gasteiger partial charge >= 0.3 is 0 Å². The van der Waals surface area contributed by atoms with Gasteiger partial charge in [-0.15, -0.1) is 0 Å². The number of amides is 2. The summed E-state index contributed by atoms with van der Waals surface area (Å²) in [6, 6.07) is 20.0. The molecule has 1 atom stereocenters. The van der Waals surface area contributed by atoms with Crippen molar-refractivity contribution in [2.75, 3.05) is 6.54 Å². The van der Waals surface area contributed by atoms with Gasteiger partial charge in [0.05, 0.1) is 12.6 Å². The number of nitrogens with zero attached hydrogens (tertiary/aromatic N) is 1. The number of hydrogen-bond donors (Lipinski definition) is 2. The summed E-state index contributed by atoms with van der Waals surface area (Å²) in [5.41, 5.74) is 2.37. The second-order valence-corrected chi connectivity index (χ2v) is 6.80. The van der Waals surface area contributed by atoms with Crippen LogP contribution in [-0.4, -0.2) is 23.3 Å². The van der Waals surface area contributed by atoms with Crippen LogP contribution in [0.4, 0.5) is 0 Å². The van der Waals surface area contributed by atoms with Gasteiger partial charge in [0.15, 0.2) is 0 Å². The Bertz CT molecular complexity index is 860. The molecule has 1 unspecified atom stereocenters. The predicted molar refractivity (Wildman–Crippen MR) is 107 cm³/mol. The van der Waals surface area contributed by atoms with E-state index in [2.05, 4.69) is 31.5 Å². The second kappa shape index (κ2) is 9.09. The molecule has 0 aliphatic carbocycles. The fourth-order valence-corrected chi connectivity index (χ4v) is 2.90. The molecule has 5 nitrogen and oxygen atoms in total. The molecule has 0 aliphatic heterocycles. The van der Waals surface area contributed by atoms with Crippen LogP contribution < -0.4 is 10.6 Å². The summed E-state index contributed by atoms with van der Waals surface area (Å²) in [6.07, 6.45) is 3.37. The van der Waals surface area contributed by atoms with Gasteiger partial charge in [-0.25, -0.2) is 0 Å². The number of carbonyl (C=O) groups excluding carboxylic acids is 2. The van der Waals surface area contributed by atoms with Gasteiger partial charge in [-0.1, -0.05) is 46.3 Å². The summed E-state index contributed by atoms with van der Waals surface area (Å²) < 4.78 is 0.889. The van der Waals surface area contributed by atoms with E-state index in [1.807, 2.05) is 42.5 Å². The van der Waals surface area contributed by atoms with Gasteiger partial charge < -0.3 is 10.6 Å². The average molecular weight is 424 g/mol. The minimum Gasteiger partial charge on any atom is -0.344 e. The average Bonchev–Trinajstić information content (AvgIpc) is 2.72. The monoisotopic (exact) mass is 423 g/mol. The van der Waals surface area contributed by atoms with E-state index in [4.69, 9.17) is 0 Å². The third-order valence-corrected chi connectivity index (χ3v) is 4.52. The van der Waals surface area contributed by atoms with E-state index in [0.29, 0.717) is 5.56 Å². The number of nitrogens with one attached hydrogen (secondary N) is 2. The van der Waals surface area contributed by atoms with Crippen LogP contribution in [0.15, 0.2) is 83.6 Å². The van der Waals surface area contributed by atoms with Crippen LogP contribution in [0.5, 0.6) is 0 Å². The maximum atomic E-state index is 12.4. The molecule has 0 bridgehead atoms. The molecule has 0 saturated carbocycles. The zero-order valence-corrected chi connectivity index (χ0v) is 16.0. The zero-order chi connectivity index (χ0) is 19.1. The van der Waals surface area contributed by atoms with Crippen molar-refractivity contribution >= 4 is 27.7 Å². The molecule has 136 valence electrons. The Balaban J connectivity index is 1.66. The highest BCUT2D eigenvalue weighted by Crippen LogP contribution is 2.21. The molecule has 2 N–H and O–H groups in total. The molecule has 27 heavy (non-hydrogen) atoms. The van der Waals surface area contributed by atoms with Crippen LogP contribution in [0, 0.1) is 0 Å². The highest BCUT2D eigenvalue weighted by Gasteiger charge is 2.17. The molecule has 3 rings (SSSR count). The fourth-order valence-electron chi connectivity index (χ4n) is 2.64. The minimum absolute atomic E-state index is 0.108. The number of rotatable bonds is 6. The molecule has 3 aromatic rings. The Morgan fingerprint density at radius 2 is 1.52 bits per heavy atom. The SMILES string of the molecule is O=C(CNC(=O)c1ccc(Br)cc1)NC(c1ccccc1)c1ccncc1. The van der Waals surface area contributed by atoms with Gasteiger partial charge in [-0.2, -0.15) is 0 Å². The zero-order valence-electron chi connectivity index (χ0n) is 14.4. The number of pyridine rings is 1. The van der Waals surface area contributed by atoms with Crippen LogP contribution in [0.1, 0.15) is 27.5 Å². The molecule has 1 aromatic heterocycles. The van der Waals surface area contributed by atoms with Crippen molar-refractivity contribution in [3.63, 3.8) is 0 Å². The van der Waals surface area contributed by atoms with Gasteiger partial charge in [0.25, 0.3) is 5.91 Å². The van der Waals surface area contributed by atoms with Crippen molar-refractivity contribution in [1.82, 2.24) is 15.6 Å². The van der Waals surface area contributed by atoms with Crippen molar-refractivity contribution < 1.29 is 9.59 Å². The van der Waals surface area contributed by atoms with Crippen molar-refractivity contribution in [1.29, 1.82) is 0 Å². The lowest BCUT2D eigenvalue weighted by Crippen LogP contribution is -2.39. The third kappa shape index (κ3) is 5.24. The molecule has 0 spiro atoms. The Labute approximate surface area is 166 Å². The lowest BCUT2D eigenvalue weighted by molar-refractivity contribution is -0.120. The Kier molecular flexibility index (Phi) is 6.33. The molecule has 0 radical (unpaired) electrons. The molecule has 6 heteroatoms. The maximum absolute atomic E-state index is 12.4. The summed E-state index contributed by atoms with van der Waals surface area (Å²) in [7, 11) is 0. The molecule has 0 aliphatic rings. The molecule has 2 aromatic carbocycles. The van der Waals surface area contributed by atoms with E-state index in [-0.39, 0.29) is 24.4 Å². The van der Waals surface area contributed by atoms with Crippen molar-refractivity contribution in [2.45, 2.75) is 6.04 Å². The fraction of sp³-hybridized carbons (Fsp3) is 0.0952. The first kappa shape index (κ1) is 18.8. The summed E-state index contributed by atoms with van der Waals surface area (Å²) >= 11 is 3.33. The standard InChI is InChI=1S/C21H18BrN3O2/c22-18-8-6-17(7-9-18)21(27)24-14-19(26)25-20(15-4-2-1-3-5-15)16-10-12-23-13-11-16/h1-13,20H,14H2,(H,24,27)(H,25,26). The summed E-state index contributed by atoms with van der Waals surface area (Å²) in [5, 5.41) is 5.62. The van der Waals surface area contributed by atoms with Crippen molar-refractivity contribution in [3.05, 3.63) is 100 Å². The number of halogens is 1. The first-order chi connectivity index (χ1) is 13.1. The van der Waals surface area contributed by atoms with Crippen LogP contribution >= 0.6 is 15.9 Å². The van der Waals surface area contributed by atoms with E-state index >= 15 is 0 Å². The lowest BCUT2D eigenvalue weighted by atomic mass is 10.00. The van der Waals surface area contributed by atoms with Gasteiger partial charge in [0.1, 0.15) is 0 Å². The van der Waals surface area contributed by atoms with E-state index in [1.165, 1.54) is 0 Å². The van der Waals surface area contributed by atoms with Gasteiger partial charge in [0, 0.05) is 22.4 Å². The van der Waals surface area contributed by atoms with Crippen molar-refractivity contribution in [2.24, 2.45) is 0 Å². The minimum atomic E-state index is -0.314.